The highest BCUT2D eigenvalue weighted by Gasteiger charge is 2.42. The lowest BCUT2D eigenvalue weighted by Crippen LogP contribution is -2.32. The molecule has 9 heteroatoms. The molecule has 2 atom stereocenters. The average Bonchev–Trinajstić information content (AvgIpc) is 3.43. The van der Waals surface area contributed by atoms with E-state index in [1.165, 1.54) is 0 Å². The van der Waals surface area contributed by atoms with Gasteiger partial charge in [0.1, 0.15) is 29.6 Å². The second kappa shape index (κ2) is 9.09. The molecule has 9 nitrogen and oxygen atoms in total. The fraction of sp³-hybridized carbons (Fsp3) is 0.214. The van der Waals surface area contributed by atoms with E-state index in [4.69, 9.17) is 23.7 Å². The zero-order valence-corrected chi connectivity index (χ0v) is 20.9. The first kappa shape index (κ1) is 22.8. The van der Waals surface area contributed by atoms with Crippen molar-refractivity contribution in [2.75, 3.05) is 33.8 Å². The molecule has 0 aliphatic carbocycles. The highest BCUT2D eigenvalue weighted by atomic mass is 16.5. The van der Waals surface area contributed by atoms with Gasteiger partial charge in [0.05, 0.1) is 34.1 Å². The maximum absolute atomic E-state index is 6.71. The predicted octanol–water partition coefficient (Wildman–Crippen LogP) is 4.87. The van der Waals surface area contributed by atoms with Crippen molar-refractivity contribution in [1.82, 2.24) is 14.8 Å². The molecule has 6 rings (SSSR count). The molecule has 0 saturated heterocycles. The molecule has 188 valence electrons. The molecule has 0 amide bonds. The standard InChI is InChI=1S/C28H26N4O5/c1-33-17-10-11-19(22(14-17)35-3)27-24-25(18-7-5-6-8-20(18)37-27)31-28-29-15-30-32(28)26(24)16-9-12-21(34-2)23(13-16)36-4/h5-15,26-27H,1-4H3,(H,29,30,31)/t26-,27+/m1/s1. The van der Waals surface area contributed by atoms with Gasteiger partial charge >= 0.3 is 0 Å². The third kappa shape index (κ3) is 3.62. The Morgan fingerprint density at radius 3 is 2.43 bits per heavy atom. The highest BCUT2D eigenvalue weighted by Crippen LogP contribution is 2.52. The Hall–Kier alpha value is -4.66. The molecule has 4 aromatic rings. The van der Waals surface area contributed by atoms with E-state index < -0.39 is 6.10 Å². The number of methoxy groups -OCH3 is 4. The van der Waals surface area contributed by atoms with Crippen LogP contribution < -0.4 is 29.0 Å². The molecule has 0 radical (unpaired) electrons. The Kier molecular flexibility index (Phi) is 5.60. The SMILES string of the molecule is COc1ccc([C@@H]2Oc3ccccc3C3=C2[C@@H](c2ccc(OC)c(OC)c2)n2ncnc2N3)c(OC)c1. The van der Waals surface area contributed by atoms with E-state index in [1.54, 1.807) is 34.8 Å². The highest BCUT2D eigenvalue weighted by molar-refractivity contribution is 5.85. The summed E-state index contributed by atoms with van der Waals surface area (Å²) in [4.78, 5) is 4.50. The first-order valence-corrected chi connectivity index (χ1v) is 11.8. The topological polar surface area (TPSA) is 88.9 Å². The van der Waals surface area contributed by atoms with Crippen molar-refractivity contribution in [3.8, 4) is 28.7 Å². The van der Waals surface area contributed by atoms with Crippen LogP contribution in [0.4, 0.5) is 5.95 Å². The molecule has 1 aromatic heterocycles. The van der Waals surface area contributed by atoms with Crippen molar-refractivity contribution >= 4 is 11.6 Å². The van der Waals surface area contributed by atoms with Gasteiger partial charge in [-0.05, 0) is 42.0 Å². The van der Waals surface area contributed by atoms with Crippen molar-refractivity contribution in [2.24, 2.45) is 0 Å². The summed E-state index contributed by atoms with van der Waals surface area (Å²) in [5.74, 6) is 4.02. The van der Waals surface area contributed by atoms with Crippen LogP contribution in [-0.4, -0.2) is 43.2 Å². The molecule has 0 fully saturated rings. The number of fused-ring (bicyclic) bond motifs is 3. The third-order valence-corrected chi connectivity index (χ3v) is 6.77. The maximum Gasteiger partial charge on any atom is 0.226 e. The summed E-state index contributed by atoms with van der Waals surface area (Å²) in [6.45, 7) is 0. The number of aromatic nitrogens is 3. The molecular weight excluding hydrogens is 472 g/mol. The van der Waals surface area contributed by atoms with E-state index in [1.807, 2.05) is 65.3 Å². The molecule has 1 N–H and O–H groups in total. The number of benzene rings is 3. The number of hydrogen-bond acceptors (Lipinski definition) is 8. The normalized spacial score (nSPS) is 17.5. The maximum atomic E-state index is 6.71. The summed E-state index contributed by atoms with van der Waals surface area (Å²) in [6.07, 6.45) is 1.05. The summed E-state index contributed by atoms with van der Waals surface area (Å²) >= 11 is 0. The summed E-state index contributed by atoms with van der Waals surface area (Å²) in [5, 5.41) is 8.10. The molecule has 2 aliphatic rings. The van der Waals surface area contributed by atoms with Gasteiger partial charge in [0, 0.05) is 22.8 Å². The van der Waals surface area contributed by atoms with Gasteiger partial charge in [-0.2, -0.15) is 10.1 Å². The van der Waals surface area contributed by atoms with Crippen LogP contribution in [0, 0.1) is 0 Å². The quantitative estimate of drug-likeness (QED) is 0.403. The Balaban J connectivity index is 1.62. The molecular formula is C28H26N4O5. The molecule has 0 bridgehead atoms. The van der Waals surface area contributed by atoms with E-state index in [-0.39, 0.29) is 6.04 Å². The molecule has 2 aliphatic heterocycles. The molecule has 3 heterocycles. The van der Waals surface area contributed by atoms with Crippen LogP contribution in [0.25, 0.3) is 5.70 Å². The largest absolute Gasteiger partial charge is 0.497 e. The number of anilines is 1. The van der Waals surface area contributed by atoms with Crippen LogP contribution in [0.15, 0.2) is 72.6 Å². The van der Waals surface area contributed by atoms with Crippen molar-refractivity contribution < 1.29 is 23.7 Å². The van der Waals surface area contributed by atoms with Crippen molar-refractivity contribution in [3.05, 3.63) is 89.3 Å². The number of para-hydroxylation sites is 1. The number of nitrogens with zero attached hydrogens (tertiary/aromatic N) is 3. The lowest BCUT2D eigenvalue weighted by Gasteiger charge is -2.39. The van der Waals surface area contributed by atoms with E-state index in [0.29, 0.717) is 28.9 Å². The van der Waals surface area contributed by atoms with Crippen molar-refractivity contribution in [3.63, 3.8) is 0 Å². The molecule has 3 aromatic carbocycles. The van der Waals surface area contributed by atoms with Gasteiger partial charge in [-0.25, -0.2) is 4.68 Å². The first-order valence-electron chi connectivity index (χ1n) is 11.8. The van der Waals surface area contributed by atoms with Gasteiger partial charge in [0.25, 0.3) is 0 Å². The Morgan fingerprint density at radius 1 is 0.838 bits per heavy atom. The van der Waals surface area contributed by atoms with Crippen molar-refractivity contribution in [2.45, 2.75) is 12.1 Å². The van der Waals surface area contributed by atoms with Crippen LogP contribution in [0.1, 0.15) is 28.8 Å². The van der Waals surface area contributed by atoms with Crippen LogP contribution in [0.3, 0.4) is 0 Å². The fourth-order valence-corrected chi connectivity index (χ4v) is 5.05. The lowest BCUT2D eigenvalue weighted by atomic mass is 9.84. The van der Waals surface area contributed by atoms with Crippen molar-refractivity contribution in [1.29, 1.82) is 0 Å². The zero-order chi connectivity index (χ0) is 25.5. The molecule has 0 unspecified atom stereocenters. The third-order valence-electron chi connectivity index (χ3n) is 6.77. The van der Waals surface area contributed by atoms with Crippen LogP contribution >= 0.6 is 0 Å². The number of rotatable bonds is 6. The predicted molar refractivity (Wildman–Crippen MR) is 138 cm³/mol. The van der Waals surface area contributed by atoms with Crippen LogP contribution in [-0.2, 0) is 0 Å². The Bertz CT molecular complexity index is 1510. The minimum absolute atomic E-state index is 0.348. The van der Waals surface area contributed by atoms with E-state index in [0.717, 1.165) is 33.7 Å². The van der Waals surface area contributed by atoms with Gasteiger partial charge in [0.15, 0.2) is 17.6 Å². The summed E-state index contributed by atoms with van der Waals surface area (Å²) in [5.41, 5.74) is 4.64. The summed E-state index contributed by atoms with van der Waals surface area (Å²) in [7, 11) is 6.52. The van der Waals surface area contributed by atoms with Gasteiger partial charge in [-0.3, -0.25) is 0 Å². The van der Waals surface area contributed by atoms with E-state index >= 15 is 0 Å². The zero-order valence-electron chi connectivity index (χ0n) is 20.9. The summed E-state index contributed by atoms with van der Waals surface area (Å²) in [6, 6.07) is 19.2. The lowest BCUT2D eigenvalue weighted by molar-refractivity contribution is 0.217. The smallest absolute Gasteiger partial charge is 0.226 e. The average molecular weight is 499 g/mol. The van der Waals surface area contributed by atoms with E-state index in [2.05, 4.69) is 15.4 Å². The molecule has 0 saturated carbocycles. The molecule has 0 spiro atoms. The van der Waals surface area contributed by atoms with Gasteiger partial charge in [0.2, 0.25) is 5.95 Å². The second-order valence-corrected chi connectivity index (χ2v) is 8.60. The minimum Gasteiger partial charge on any atom is -0.497 e. The minimum atomic E-state index is -0.492. The Labute approximate surface area is 214 Å². The number of nitrogens with one attached hydrogen (secondary N) is 1. The first-order chi connectivity index (χ1) is 18.2. The fourth-order valence-electron chi connectivity index (χ4n) is 5.05. The Morgan fingerprint density at radius 2 is 1.65 bits per heavy atom. The molecule has 37 heavy (non-hydrogen) atoms. The van der Waals surface area contributed by atoms with E-state index in [9.17, 15) is 0 Å². The van der Waals surface area contributed by atoms with Gasteiger partial charge in [-0.15, -0.1) is 0 Å². The van der Waals surface area contributed by atoms with Crippen LogP contribution in [0.2, 0.25) is 0 Å². The monoisotopic (exact) mass is 498 g/mol. The van der Waals surface area contributed by atoms with Gasteiger partial charge in [-0.1, -0.05) is 18.2 Å². The summed E-state index contributed by atoms with van der Waals surface area (Å²) < 4.78 is 30.9. The number of hydrogen-bond donors (Lipinski definition) is 1. The van der Waals surface area contributed by atoms with Gasteiger partial charge < -0.3 is 29.0 Å². The van der Waals surface area contributed by atoms with Crippen LogP contribution in [0.5, 0.6) is 28.7 Å². The second-order valence-electron chi connectivity index (χ2n) is 8.60. The number of ether oxygens (including phenoxy) is 5.